The Kier molecular flexibility index (Phi) is 7.72. The third kappa shape index (κ3) is 6.09. The fourth-order valence-corrected chi connectivity index (χ4v) is 0.273. The van der Waals surface area contributed by atoms with Gasteiger partial charge < -0.3 is 11.3 Å². The van der Waals surface area contributed by atoms with Crippen LogP contribution in [0.3, 0.4) is 0 Å². The van der Waals surface area contributed by atoms with Crippen molar-refractivity contribution in [2.24, 2.45) is 0 Å². The van der Waals surface area contributed by atoms with Crippen molar-refractivity contribution in [1.29, 1.82) is 0 Å². The molecule has 0 radical (unpaired) electrons. The second-order valence-electron chi connectivity index (χ2n) is 1.62. The van der Waals surface area contributed by atoms with Crippen molar-refractivity contribution in [3.05, 3.63) is 12.7 Å². The number of aliphatic carboxylic acids is 1. The van der Waals surface area contributed by atoms with Crippen molar-refractivity contribution in [1.82, 2.24) is 0 Å². The van der Waals surface area contributed by atoms with Gasteiger partial charge in [0.2, 0.25) is 0 Å². The van der Waals surface area contributed by atoms with Crippen LogP contribution in [0.5, 0.6) is 0 Å². The van der Waals surface area contributed by atoms with Gasteiger partial charge in [-0.15, -0.1) is 0 Å². The molecule has 0 bridgehead atoms. The molecule has 0 aromatic rings. The summed E-state index contributed by atoms with van der Waals surface area (Å²) in [5, 5.41) is 8.21. The van der Waals surface area contributed by atoms with Gasteiger partial charge in [-0.25, -0.2) is 9.59 Å². The molecule has 0 aromatic carbocycles. The predicted molar refractivity (Wildman–Crippen MR) is 34.5 cm³/mol. The summed E-state index contributed by atoms with van der Waals surface area (Å²) in [4.78, 5) is 20.4. The maximum Gasteiger partial charge on any atom is 1.00 e. The Balaban J connectivity index is -0.000000405. The van der Waals surface area contributed by atoms with Gasteiger partial charge in [0.05, 0.1) is 0 Å². The zero-order valence-electron chi connectivity index (χ0n) is 7.53. The minimum Gasteiger partial charge on any atom is -1.00 e. The van der Waals surface area contributed by atoms with E-state index in [9.17, 15) is 9.59 Å². The van der Waals surface area contributed by atoms with Gasteiger partial charge >= 0.3 is 41.5 Å². The van der Waals surface area contributed by atoms with E-state index in [-0.39, 0.29) is 31.0 Å². The summed E-state index contributed by atoms with van der Waals surface area (Å²) in [6.45, 7) is 4.37. The Bertz CT molecular complexity index is 171. The Morgan fingerprint density at radius 1 is 1.73 bits per heavy atom. The van der Waals surface area contributed by atoms with Crippen molar-refractivity contribution >= 4 is 11.9 Å². The van der Waals surface area contributed by atoms with E-state index in [4.69, 9.17) is 5.11 Å². The molecule has 0 aliphatic rings. The third-order valence-electron chi connectivity index (χ3n) is 0.807. The summed E-state index contributed by atoms with van der Waals surface area (Å²) < 4.78 is 4.30. The monoisotopic (exact) mass is 168 g/mol. The average molecular weight is 168 g/mol. The quantitative estimate of drug-likeness (QED) is 0.283. The first-order chi connectivity index (χ1) is 4.57. The van der Waals surface area contributed by atoms with Crippen LogP contribution in [-0.2, 0) is 14.3 Å². The Morgan fingerprint density at radius 2 is 2.18 bits per heavy atom. The number of carbonyl (C=O) groups is 2. The molecule has 0 fully saturated rings. The second-order valence-corrected chi connectivity index (χ2v) is 1.62. The van der Waals surface area contributed by atoms with Crippen LogP contribution in [0.4, 0.5) is 0 Å². The Morgan fingerprint density at radius 3 is 2.45 bits per heavy atom. The predicted octanol–water partition coefficient (Wildman–Crippen LogP) is -2.69. The largest absolute Gasteiger partial charge is 1.00 e. The molecule has 58 valence electrons. The third-order valence-corrected chi connectivity index (χ3v) is 0.807. The molecule has 0 spiro atoms. The summed E-state index contributed by atoms with van der Waals surface area (Å²) in [6.07, 6.45) is -0.190. The summed E-state index contributed by atoms with van der Waals surface area (Å²) in [7, 11) is 0. The van der Waals surface area contributed by atoms with Gasteiger partial charge in [0.1, 0.15) is 0 Å². The van der Waals surface area contributed by atoms with Crippen LogP contribution >= 0.6 is 0 Å². The maximum absolute atomic E-state index is 10.3. The Labute approximate surface area is 88.0 Å². The molecule has 5 heteroatoms. The number of rotatable bonds is 3. The molecule has 0 aliphatic carbocycles. The number of esters is 1. The summed E-state index contributed by atoms with van der Waals surface area (Å²) in [5.74, 6) is -1.90. The first-order valence-electron chi connectivity index (χ1n) is 2.63. The van der Waals surface area contributed by atoms with Crippen LogP contribution in [0.1, 0.15) is 8.35 Å². The maximum atomic E-state index is 10.3. The van der Waals surface area contributed by atoms with E-state index in [0.29, 0.717) is 0 Å². The fourth-order valence-electron chi connectivity index (χ4n) is 0.273. The molecule has 1 N–H and O–H groups in total. The van der Waals surface area contributed by atoms with Crippen molar-refractivity contribution in [2.45, 2.75) is 13.0 Å². The normalized spacial score (nSPS) is 10.6. The molecular formula is C6H9NaO4. The van der Waals surface area contributed by atoms with Gasteiger partial charge in [-0.2, -0.15) is 0 Å². The van der Waals surface area contributed by atoms with E-state index in [2.05, 4.69) is 11.3 Å². The molecule has 1 unspecified atom stereocenters. The first kappa shape index (κ1) is 13.3. The molecule has 0 aromatic heterocycles. The van der Waals surface area contributed by atoms with Gasteiger partial charge in [0, 0.05) is 6.08 Å². The van der Waals surface area contributed by atoms with E-state index in [1.54, 1.807) is 0 Å². The van der Waals surface area contributed by atoms with E-state index in [1.807, 2.05) is 0 Å². The molecule has 0 heterocycles. The molecule has 0 aliphatic heterocycles. The van der Waals surface area contributed by atoms with E-state index in [1.165, 1.54) is 6.92 Å². The smallest absolute Gasteiger partial charge is 1.00 e. The molecule has 0 rings (SSSR count). The average Bonchev–Trinajstić information content (AvgIpc) is 1.87. The minimum atomic E-state index is -1.17. The number of carboxylic acid groups (broad SMARTS) is 1. The van der Waals surface area contributed by atoms with Crippen molar-refractivity contribution in [3.8, 4) is 0 Å². The second kappa shape index (κ2) is 6.39. The van der Waals surface area contributed by atoms with Crippen molar-refractivity contribution < 1.29 is 50.4 Å². The molecule has 0 saturated carbocycles. The number of carbonyl (C=O) groups excluding carboxylic acids is 1. The van der Waals surface area contributed by atoms with Crippen LogP contribution in [-0.4, -0.2) is 23.1 Å². The molecule has 0 amide bonds. The summed E-state index contributed by atoms with van der Waals surface area (Å²) >= 11 is 0. The van der Waals surface area contributed by atoms with Crippen LogP contribution in [0.25, 0.3) is 0 Å². The number of hydrogen-bond acceptors (Lipinski definition) is 3. The molecule has 11 heavy (non-hydrogen) atoms. The van der Waals surface area contributed by atoms with Crippen LogP contribution in [0.2, 0.25) is 0 Å². The van der Waals surface area contributed by atoms with Crippen molar-refractivity contribution in [3.63, 3.8) is 0 Å². The van der Waals surface area contributed by atoms with E-state index >= 15 is 0 Å². The van der Waals surface area contributed by atoms with Gasteiger partial charge in [-0.3, -0.25) is 0 Å². The topological polar surface area (TPSA) is 63.6 Å². The molecule has 4 nitrogen and oxygen atoms in total. The first-order valence-corrected chi connectivity index (χ1v) is 2.63. The molecular weight excluding hydrogens is 159 g/mol. The zero-order valence-corrected chi connectivity index (χ0v) is 8.53. The number of ether oxygens (including phenoxy) is 1. The zero-order chi connectivity index (χ0) is 8.15. The van der Waals surface area contributed by atoms with Gasteiger partial charge in [0.15, 0.2) is 6.10 Å². The SMILES string of the molecule is C=CC(=O)OC(C)C(=O)O.[H-].[Na+]. The van der Waals surface area contributed by atoms with Crippen LogP contribution < -0.4 is 29.6 Å². The standard InChI is InChI=1S/C6H8O4.Na.H/c1-3-5(7)10-4(2)6(8)9;;/h3-4H,1H2,2H3,(H,8,9);;/q;+1;-1. The van der Waals surface area contributed by atoms with E-state index < -0.39 is 18.0 Å². The van der Waals surface area contributed by atoms with Gasteiger partial charge in [-0.05, 0) is 6.92 Å². The summed E-state index contributed by atoms with van der Waals surface area (Å²) in [6, 6.07) is 0. The Hall–Kier alpha value is -0.320. The fraction of sp³-hybridized carbons (Fsp3) is 0.333. The number of carboxylic acids is 1. The molecule has 0 saturated heterocycles. The van der Waals surface area contributed by atoms with Crippen LogP contribution in [0.15, 0.2) is 12.7 Å². The van der Waals surface area contributed by atoms with Gasteiger partial charge in [-0.1, -0.05) is 6.58 Å². The minimum absolute atomic E-state index is 0. The summed E-state index contributed by atoms with van der Waals surface area (Å²) in [5.41, 5.74) is 0. The molecule has 1 atom stereocenters. The van der Waals surface area contributed by atoms with Crippen LogP contribution in [0, 0.1) is 0 Å². The number of hydrogen-bond donors (Lipinski definition) is 1. The van der Waals surface area contributed by atoms with Crippen molar-refractivity contribution in [2.75, 3.05) is 0 Å². The van der Waals surface area contributed by atoms with E-state index in [0.717, 1.165) is 6.08 Å². The van der Waals surface area contributed by atoms with Gasteiger partial charge in [0.25, 0.3) is 0 Å².